The lowest BCUT2D eigenvalue weighted by Gasteiger charge is -2.09. The number of nitrogens with one attached hydrogen (secondary N) is 1. The Balaban J connectivity index is 1.78. The van der Waals surface area contributed by atoms with Gasteiger partial charge in [-0.05, 0) is 37.0 Å². The van der Waals surface area contributed by atoms with E-state index in [1.165, 1.54) is 0 Å². The first-order valence-electron chi connectivity index (χ1n) is 6.94. The topological polar surface area (TPSA) is 46.9 Å². The van der Waals surface area contributed by atoms with E-state index in [-0.39, 0.29) is 6.54 Å². The molecule has 1 N–H and O–H groups in total. The molecule has 0 bridgehead atoms. The van der Waals surface area contributed by atoms with Crippen molar-refractivity contribution in [2.45, 2.75) is 25.8 Å². The van der Waals surface area contributed by atoms with Crippen molar-refractivity contribution in [1.82, 2.24) is 15.1 Å². The van der Waals surface area contributed by atoms with Gasteiger partial charge < -0.3 is 5.32 Å². The van der Waals surface area contributed by atoms with E-state index in [2.05, 4.69) is 10.4 Å². The van der Waals surface area contributed by atoms with Crippen LogP contribution in [-0.2, 0) is 26.4 Å². The number of hydrogen-bond donors (Lipinski definition) is 1. The number of rotatable bonds is 3. The molecule has 1 amide bonds. The highest BCUT2D eigenvalue weighted by Crippen LogP contribution is 2.24. The number of fused-ring (bicyclic) bond motifs is 1. The molecule has 0 saturated heterocycles. The Labute approximate surface area is 124 Å². The lowest BCUT2D eigenvalue weighted by molar-refractivity contribution is 0.0944. The Bertz CT molecular complexity index is 755. The van der Waals surface area contributed by atoms with Crippen molar-refractivity contribution in [3.05, 3.63) is 52.1 Å². The lowest BCUT2D eigenvalue weighted by Crippen LogP contribution is -2.26. The molecule has 1 aliphatic carbocycles. The van der Waals surface area contributed by atoms with Gasteiger partial charge >= 0.3 is 0 Å². The number of nitrogens with zero attached hydrogens (tertiary/aromatic N) is 2. The van der Waals surface area contributed by atoms with E-state index >= 15 is 0 Å². The Morgan fingerprint density at radius 1 is 1.27 bits per heavy atom. The Hall–Kier alpha value is -2.31. The highest BCUT2D eigenvalue weighted by molar-refractivity contribution is 5.94. The summed E-state index contributed by atoms with van der Waals surface area (Å²) < 4.78 is 41.3. The third-order valence-corrected chi connectivity index (χ3v) is 3.89. The van der Waals surface area contributed by atoms with Gasteiger partial charge in [0.2, 0.25) is 0 Å². The summed E-state index contributed by atoms with van der Waals surface area (Å²) >= 11 is 0. The first-order valence-corrected chi connectivity index (χ1v) is 6.94. The molecule has 0 saturated carbocycles. The van der Waals surface area contributed by atoms with Crippen molar-refractivity contribution in [3.63, 3.8) is 0 Å². The minimum atomic E-state index is -1.64. The van der Waals surface area contributed by atoms with Gasteiger partial charge in [0.25, 0.3) is 5.91 Å². The van der Waals surface area contributed by atoms with Gasteiger partial charge in [-0.2, -0.15) is 5.10 Å². The van der Waals surface area contributed by atoms with E-state index in [4.69, 9.17) is 0 Å². The maximum atomic E-state index is 13.6. The number of carbonyl (C=O) groups excluding carboxylic acids is 1. The summed E-state index contributed by atoms with van der Waals surface area (Å²) in [6.07, 6.45) is 2.83. The number of aryl methyl sites for hydroxylation is 2. The summed E-state index contributed by atoms with van der Waals surface area (Å²) in [4.78, 5) is 12.0. The Morgan fingerprint density at radius 2 is 2.05 bits per heavy atom. The number of carbonyl (C=O) groups is 1. The van der Waals surface area contributed by atoms with Crippen LogP contribution in [0.25, 0.3) is 0 Å². The molecule has 4 nitrogen and oxygen atoms in total. The van der Waals surface area contributed by atoms with Gasteiger partial charge in [-0.1, -0.05) is 0 Å². The fourth-order valence-corrected chi connectivity index (χ4v) is 2.77. The second-order valence-corrected chi connectivity index (χ2v) is 5.25. The largest absolute Gasteiger partial charge is 0.346 e. The van der Waals surface area contributed by atoms with Crippen LogP contribution in [0.4, 0.5) is 13.2 Å². The normalized spacial score (nSPS) is 13.3. The van der Waals surface area contributed by atoms with Crippen LogP contribution in [-0.4, -0.2) is 15.7 Å². The number of aromatic nitrogens is 2. The van der Waals surface area contributed by atoms with Crippen LogP contribution in [0.15, 0.2) is 12.1 Å². The Kier molecular flexibility index (Phi) is 3.64. The second kappa shape index (κ2) is 5.47. The zero-order chi connectivity index (χ0) is 15.9. The van der Waals surface area contributed by atoms with E-state index in [1.54, 1.807) is 11.7 Å². The maximum Gasteiger partial charge on any atom is 0.254 e. The summed E-state index contributed by atoms with van der Waals surface area (Å²) in [5, 5.41) is 6.90. The maximum absolute atomic E-state index is 13.6. The van der Waals surface area contributed by atoms with Gasteiger partial charge in [0, 0.05) is 7.05 Å². The first kappa shape index (κ1) is 14.6. The average molecular weight is 309 g/mol. The molecule has 116 valence electrons. The highest BCUT2D eigenvalue weighted by atomic mass is 19.2. The van der Waals surface area contributed by atoms with E-state index in [9.17, 15) is 18.0 Å². The first-order chi connectivity index (χ1) is 10.5. The van der Waals surface area contributed by atoms with Crippen molar-refractivity contribution in [3.8, 4) is 0 Å². The smallest absolute Gasteiger partial charge is 0.254 e. The molecule has 2 aromatic rings. The molecular formula is C15H14F3N3O. The third-order valence-electron chi connectivity index (χ3n) is 3.89. The van der Waals surface area contributed by atoms with Gasteiger partial charge in [-0.15, -0.1) is 0 Å². The SMILES string of the molecule is Cn1nc2c(c1CNC(=O)c1ccc(F)c(F)c1F)CCC2. The lowest BCUT2D eigenvalue weighted by atomic mass is 10.1. The summed E-state index contributed by atoms with van der Waals surface area (Å²) in [6.45, 7) is 0.163. The highest BCUT2D eigenvalue weighted by Gasteiger charge is 2.22. The van der Waals surface area contributed by atoms with Crippen molar-refractivity contribution >= 4 is 5.91 Å². The minimum absolute atomic E-state index is 0.163. The minimum Gasteiger partial charge on any atom is -0.346 e. The van der Waals surface area contributed by atoms with Crippen LogP contribution in [0.1, 0.15) is 33.7 Å². The van der Waals surface area contributed by atoms with Gasteiger partial charge in [0.15, 0.2) is 17.5 Å². The molecular weight excluding hydrogens is 295 g/mol. The number of hydrogen-bond acceptors (Lipinski definition) is 2. The van der Waals surface area contributed by atoms with Crippen LogP contribution in [0, 0.1) is 17.5 Å². The van der Waals surface area contributed by atoms with Gasteiger partial charge in [-0.3, -0.25) is 9.48 Å². The molecule has 1 aromatic heterocycles. The fourth-order valence-electron chi connectivity index (χ4n) is 2.77. The molecule has 7 heteroatoms. The molecule has 0 fully saturated rings. The van der Waals surface area contributed by atoms with E-state index in [0.717, 1.165) is 48.3 Å². The van der Waals surface area contributed by atoms with Crippen molar-refractivity contribution in [2.24, 2.45) is 7.05 Å². The molecule has 1 heterocycles. The molecule has 1 aromatic carbocycles. The zero-order valence-electron chi connectivity index (χ0n) is 11.9. The molecule has 22 heavy (non-hydrogen) atoms. The van der Waals surface area contributed by atoms with Crippen molar-refractivity contribution in [1.29, 1.82) is 0 Å². The predicted molar refractivity (Wildman–Crippen MR) is 72.7 cm³/mol. The number of amides is 1. The monoisotopic (exact) mass is 309 g/mol. The number of halogens is 3. The third kappa shape index (κ3) is 2.36. The van der Waals surface area contributed by atoms with Crippen molar-refractivity contribution in [2.75, 3.05) is 0 Å². The van der Waals surface area contributed by atoms with Gasteiger partial charge in [-0.25, -0.2) is 13.2 Å². The molecule has 3 rings (SSSR count). The van der Waals surface area contributed by atoms with E-state index in [1.807, 2.05) is 0 Å². The molecule has 0 atom stereocenters. The van der Waals surface area contributed by atoms with E-state index in [0.29, 0.717) is 0 Å². The molecule has 1 aliphatic rings. The molecule has 0 radical (unpaired) electrons. The summed E-state index contributed by atoms with van der Waals surface area (Å²) in [5.74, 6) is -5.23. The van der Waals surface area contributed by atoms with Crippen LogP contribution < -0.4 is 5.32 Å². The van der Waals surface area contributed by atoms with Crippen LogP contribution >= 0.6 is 0 Å². The standard InChI is InChI=1S/C15H14F3N3O/c1-21-12(8-3-2-4-11(8)20-21)7-19-15(22)9-5-6-10(16)14(18)13(9)17/h5-6H,2-4,7H2,1H3,(H,19,22). The number of benzene rings is 1. The van der Waals surface area contributed by atoms with Crippen LogP contribution in [0.2, 0.25) is 0 Å². The summed E-state index contributed by atoms with van der Waals surface area (Å²) in [5.41, 5.74) is 2.46. The van der Waals surface area contributed by atoms with Crippen molar-refractivity contribution < 1.29 is 18.0 Å². The molecule has 0 aliphatic heterocycles. The summed E-state index contributed by atoms with van der Waals surface area (Å²) in [6, 6.07) is 1.66. The Morgan fingerprint density at radius 3 is 2.82 bits per heavy atom. The summed E-state index contributed by atoms with van der Waals surface area (Å²) in [7, 11) is 1.78. The molecule has 0 spiro atoms. The molecule has 0 unspecified atom stereocenters. The van der Waals surface area contributed by atoms with Gasteiger partial charge in [0.05, 0.1) is 23.5 Å². The fraction of sp³-hybridized carbons (Fsp3) is 0.333. The van der Waals surface area contributed by atoms with Crippen LogP contribution in [0.5, 0.6) is 0 Å². The van der Waals surface area contributed by atoms with Gasteiger partial charge in [0.1, 0.15) is 0 Å². The quantitative estimate of drug-likeness (QED) is 0.884. The second-order valence-electron chi connectivity index (χ2n) is 5.25. The van der Waals surface area contributed by atoms with Crippen LogP contribution in [0.3, 0.4) is 0 Å². The zero-order valence-corrected chi connectivity index (χ0v) is 11.9. The average Bonchev–Trinajstić information content (AvgIpc) is 3.03. The van der Waals surface area contributed by atoms with E-state index < -0.39 is 28.9 Å². The predicted octanol–water partition coefficient (Wildman–Crippen LogP) is 2.26.